The van der Waals surface area contributed by atoms with Crippen LogP contribution < -0.4 is 0 Å². The van der Waals surface area contributed by atoms with Crippen molar-refractivity contribution < 1.29 is 4.74 Å². The average molecular weight is 193 g/mol. The molecule has 0 fully saturated rings. The molecule has 0 spiro atoms. The Kier molecular flexibility index (Phi) is 5.94. The van der Waals surface area contributed by atoms with E-state index in [-0.39, 0.29) is 5.41 Å². The lowest BCUT2D eigenvalue weighted by atomic mass is 9.77. The Bertz CT molecular complexity index is 114. The lowest BCUT2D eigenvalue weighted by Gasteiger charge is -2.31. The smallest absolute Gasteiger partial charge is 0.0462 e. The first-order chi connectivity index (χ1) is 5.56. The Morgan fingerprint density at radius 3 is 2.33 bits per heavy atom. The molecule has 0 aliphatic carbocycles. The van der Waals surface area contributed by atoms with Gasteiger partial charge in [0.1, 0.15) is 0 Å². The number of rotatable bonds is 6. The Labute approximate surface area is 81.4 Å². The van der Waals surface area contributed by atoms with Crippen molar-refractivity contribution in [2.75, 3.05) is 19.6 Å². The van der Waals surface area contributed by atoms with Gasteiger partial charge in [0.2, 0.25) is 0 Å². The van der Waals surface area contributed by atoms with E-state index >= 15 is 0 Å². The van der Waals surface area contributed by atoms with E-state index in [4.69, 9.17) is 16.3 Å². The maximum absolute atomic E-state index is 5.94. The predicted octanol–water partition coefficient (Wildman–Crippen LogP) is 3.31. The Morgan fingerprint density at radius 2 is 2.00 bits per heavy atom. The van der Waals surface area contributed by atoms with Crippen molar-refractivity contribution in [3.63, 3.8) is 0 Å². The highest BCUT2D eigenvalue weighted by atomic mass is 35.5. The Hall–Kier alpha value is 0.250. The molecule has 0 aliphatic heterocycles. The molecule has 74 valence electrons. The molecule has 0 heterocycles. The maximum Gasteiger partial charge on any atom is 0.0462 e. The summed E-state index contributed by atoms with van der Waals surface area (Å²) in [5.41, 5.74) is 0.278. The van der Waals surface area contributed by atoms with Crippen molar-refractivity contribution in [2.45, 2.75) is 33.6 Å². The van der Waals surface area contributed by atoms with E-state index < -0.39 is 0 Å². The molecule has 0 aromatic heterocycles. The molecule has 0 bridgehead atoms. The zero-order valence-corrected chi connectivity index (χ0v) is 9.45. The minimum atomic E-state index is 0.278. The van der Waals surface area contributed by atoms with Gasteiger partial charge in [0.25, 0.3) is 0 Å². The van der Waals surface area contributed by atoms with E-state index in [1.54, 1.807) is 7.11 Å². The highest BCUT2D eigenvalue weighted by Crippen LogP contribution is 2.33. The van der Waals surface area contributed by atoms with Crippen LogP contribution in [0.4, 0.5) is 0 Å². The van der Waals surface area contributed by atoms with Gasteiger partial charge in [0, 0.05) is 19.6 Å². The van der Waals surface area contributed by atoms with E-state index in [0.29, 0.717) is 5.92 Å². The van der Waals surface area contributed by atoms with Crippen LogP contribution in [0.3, 0.4) is 0 Å². The van der Waals surface area contributed by atoms with Gasteiger partial charge in [-0.2, -0.15) is 0 Å². The number of hydrogen-bond acceptors (Lipinski definition) is 1. The minimum absolute atomic E-state index is 0.278. The summed E-state index contributed by atoms with van der Waals surface area (Å²) in [7, 11) is 1.74. The lowest BCUT2D eigenvalue weighted by Crippen LogP contribution is -2.25. The zero-order valence-electron chi connectivity index (χ0n) is 8.69. The van der Waals surface area contributed by atoms with E-state index in [1.807, 2.05) is 0 Å². The lowest BCUT2D eigenvalue weighted by molar-refractivity contribution is 0.158. The van der Waals surface area contributed by atoms with E-state index in [0.717, 1.165) is 25.3 Å². The van der Waals surface area contributed by atoms with Crippen LogP contribution in [0.5, 0.6) is 0 Å². The average Bonchev–Trinajstić information content (AvgIpc) is 2.04. The molecule has 0 aromatic rings. The SMILES string of the molecule is COCCCC(C)(CCl)C(C)C. The van der Waals surface area contributed by atoms with Gasteiger partial charge in [0.05, 0.1) is 0 Å². The van der Waals surface area contributed by atoms with Crippen molar-refractivity contribution in [3.8, 4) is 0 Å². The van der Waals surface area contributed by atoms with Gasteiger partial charge in [-0.05, 0) is 24.2 Å². The van der Waals surface area contributed by atoms with Crippen LogP contribution in [0.25, 0.3) is 0 Å². The summed E-state index contributed by atoms with van der Waals surface area (Å²) in [5.74, 6) is 1.39. The molecule has 12 heavy (non-hydrogen) atoms. The molecule has 2 heteroatoms. The van der Waals surface area contributed by atoms with Crippen LogP contribution in [0, 0.1) is 11.3 Å². The van der Waals surface area contributed by atoms with Crippen molar-refractivity contribution in [3.05, 3.63) is 0 Å². The molecule has 1 unspecified atom stereocenters. The first kappa shape index (κ1) is 12.2. The second-order valence-electron chi connectivity index (χ2n) is 4.04. The van der Waals surface area contributed by atoms with Crippen molar-refractivity contribution >= 4 is 11.6 Å². The molecule has 0 radical (unpaired) electrons. The number of methoxy groups -OCH3 is 1. The van der Waals surface area contributed by atoms with Crippen LogP contribution in [-0.2, 0) is 4.74 Å². The quantitative estimate of drug-likeness (QED) is 0.464. The highest BCUT2D eigenvalue weighted by molar-refractivity contribution is 6.18. The summed E-state index contributed by atoms with van der Waals surface area (Å²) in [6.45, 7) is 7.56. The third-order valence-electron chi connectivity index (χ3n) is 2.80. The third kappa shape index (κ3) is 3.77. The summed E-state index contributed by atoms with van der Waals surface area (Å²) >= 11 is 5.94. The Balaban J connectivity index is 3.80. The van der Waals surface area contributed by atoms with Gasteiger partial charge in [-0.25, -0.2) is 0 Å². The number of ether oxygens (including phenoxy) is 1. The van der Waals surface area contributed by atoms with Gasteiger partial charge in [-0.1, -0.05) is 20.8 Å². The van der Waals surface area contributed by atoms with Gasteiger partial charge < -0.3 is 4.74 Å². The second kappa shape index (κ2) is 5.82. The molecule has 0 amide bonds. The number of halogens is 1. The van der Waals surface area contributed by atoms with Gasteiger partial charge >= 0.3 is 0 Å². The molecule has 0 saturated carbocycles. The summed E-state index contributed by atoms with van der Waals surface area (Å²) in [5, 5.41) is 0. The second-order valence-corrected chi connectivity index (χ2v) is 4.31. The molecular formula is C10H21ClO. The Morgan fingerprint density at radius 1 is 1.42 bits per heavy atom. The molecule has 0 rings (SSSR count). The van der Waals surface area contributed by atoms with Crippen molar-refractivity contribution in [1.29, 1.82) is 0 Å². The van der Waals surface area contributed by atoms with Crippen molar-refractivity contribution in [2.24, 2.45) is 11.3 Å². The standard InChI is InChI=1S/C10H21ClO/c1-9(2)10(3,8-11)6-5-7-12-4/h9H,5-8H2,1-4H3. The summed E-state index contributed by atoms with van der Waals surface area (Å²) < 4.78 is 5.02. The largest absolute Gasteiger partial charge is 0.385 e. The normalized spacial score (nSPS) is 16.5. The number of hydrogen-bond donors (Lipinski definition) is 0. The molecule has 0 aromatic carbocycles. The minimum Gasteiger partial charge on any atom is -0.385 e. The topological polar surface area (TPSA) is 9.23 Å². The number of alkyl halides is 1. The third-order valence-corrected chi connectivity index (χ3v) is 3.41. The molecule has 1 atom stereocenters. The van der Waals surface area contributed by atoms with Crippen LogP contribution in [0.2, 0.25) is 0 Å². The van der Waals surface area contributed by atoms with Crippen LogP contribution in [0.15, 0.2) is 0 Å². The zero-order chi connectivity index (χ0) is 9.61. The summed E-state index contributed by atoms with van der Waals surface area (Å²) in [6, 6.07) is 0. The van der Waals surface area contributed by atoms with Gasteiger partial charge in [-0.3, -0.25) is 0 Å². The molecule has 1 nitrogen and oxygen atoms in total. The van der Waals surface area contributed by atoms with Gasteiger partial charge in [0.15, 0.2) is 0 Å². The molecule has 0 aliphatic rings. The molecular weight excluding hydrogens is 172 g/mol. The first-order valence-electron chi connectivity index (χ1n) is 4.61. The van der Waals surface area contributed by atoms with E-state index in [1.165, 1.54) is 0 Å². The first-order valence-corrected chi connectivity index (χ1v) is 5.15. The fraction of sp³-hybridized carbons (Fsp3) is 1.00. The predicted molar refractivity (Wildman–Crippen MR) is 54.8 cm³/mol. The van der Waals surface area contributed by atoms with E-state index in [2.05, 4.69) is 20.8 Å². The van der Waals surface area contributed by atoms with Crippen molar-refractivity contribution in [1.82, 2.24) is 0 Å². The van der Waals surface area contributed by atoms with Crippen LogP contribution >= 0.6 is 11.6 Å². The summed E-state index contributed by atoms with van der Waals surface area (Å²) in [4.78, 5) is 0. The maximum atomic E-state index is 5.94. The van der Waals surface area contributed by atoms with E-state index in [9.17, 15) is 0 Å². The molecule has 0 N–H and O–H groups in total. The fourth-order valence-electron chi connectivity index (χ4n) is 1.13. The monoisotopic (exact) mass is 192 g/mol. The highest BCUT2D eigenvalue weighted by Gasteiger charge is 2.26. The van der Waals surface area contributed by atoms with Gasteiger partial charge in [-0.15, -0.1) is 11.6 Å². The van der Waals surface area contributed by atoms with Crippen LogP contribution in [-0.4, -0.2) is 19.6 Å². The fourth-order valence-corrected chi connectivity index (χ4v) is 1.57. The summed E-state index contributed by atoms with van der Waals surface area (Å²) in [6.07, 6.45) is 2.26. The molecule has 0 saturated heterocycles. The van der Waals surface area contributed by atoms with Crippen LogP contribution in [0.1, 0.15) is 33.6 Å².